The Labute approximate surface area is 120 Å². The summed E-state index contributed by atoms with van der Waals surface area (Å²) in [5.41, 5.74) is 1.22. The lowest BCUT2D eigenvalue weighted by Gasteiger charge is -2.36. The van der Waals surface area contributed by atoms with Crippen LogP contribution in [0.15, 0.2) is 24.5 Å². The van der Waals surface area contributed by atoms with Crippen LogP contribution in [-0.4, -0.2) is 35.4 Å². The normalized spacial score (nSPS) is 24.6. The van der Waals surface area contributed by atoms with Gasteiger partial charge in [0.1, 0.15) is 0 Å². The minimum Gasteiger partial charge on any atom is -0.339 e. The topological polar surface area (TPSA) is 45.2 Å². The molecule has 2 aliphatic rings. The Balaban J connectivity index is 1.64. The van der Waals surface area contributed by atoms with Crippen LogP contribution in [0.3, 0.4) is 0 Å². The first kappa shape index (κ1) is 13.6. The van der Waals surface area contributed by atoms with E-state index in [1.54, 1.807) is 0 Å². The predicted molar refractivity (Wildman–Crippen MR) is 78.1 cm³/mol. The van der Waals surface area contributed by atoms with Gasteiger partial charge in [0, 0.05) is 37.9 Å². The van der Waals surface area contributed by atoms with Crippen LogP contribution in [0.1, 0.15) is 43.7 Å². The lowest BCUT2D eigenvalue weighted by molar-refractivity contribution is -0.137. The molecule has 1 amide bonds. The van der Waals surface area contributed by atoms with Gasteiger partial charge in [-0.3, -0.25) is 9.78 Å². The van der Waals surface area contributed by atoms with Crippen LogP contribution in [0.4, 0.5) is 0 Å². The zero-order valence-electron chi connectivity index (χ0n) is 11.9. The third kappa shape index (κ3) is 3.01. The van der Waals surface area contributed by atoms with E-state index < -0.39 is 0 Å². The first-order chi connectivity index (χ1) is 9.84. The van der Waals surface area contributed by atoms with E-state index in [0.717, 1.165) is 32.5 Å². The molecule has 0 spiro atoms. The van der Waals surface area contributed by atoms with Gasteiger partial charge >= 0.3 is 0 Å². The van der Waals surface area contributed by atoms with Gasteiger partial charge < -0.3 is 10.2 Å². The summed E-state index contributed by atoms with van der Waals surface area (Å²) in [5.74, 6) is 0.658. The molecule has 1 aromatic rings. The number of amides is 1. The molecule has 3 rings (SSSR count). The number of hydrogen-bond donors (Lipinski definition) is 1. The number of carbonyl (C=O) groups is 1. The van der Waals surface area contributed by atoms with Gasteiger partial charge in [0.2, 0.25) is 5.91 Å². The summed E-state index contributed by atoms with van der Waals surface area (Å²) >= 11 is 0. The highest BCUT2D eigenvalue weighted by atomic mass is 16.2. The third-order valence-electron chi connectivity index (χ3n) is 4.55. The summed E-state index contributed by atoms with van der Waals surface area (Å²) in [6.07, 6.45) is 9.54. The van der Waals surface area contributed by atoms with Crippen molar-refractivity contribution >= 4 is 5.91 Å². The molecule has 2 heterocycles. The molecule has 0 aromatic carbocycles. The predicted octanol–water partition coefficient (Wildman–Crippen LogP) is 2.13. The van der Waals surface area contributed by atoms with Crippen molar-refractivity contribution < 1.29 is 4.79 Å². The van der Waals surface area contributed by atoms with Gasteiger partial charge in [-0.25, -0.2) is 0 Å². The second-order valence-corrected chi connectivity index (χ2v) is 5.91. The molecule has 1 N–H and O–H groups in total. The molecule has 1 aromatic heterocycles. The molecule has 2 fully saturated rings. The molecule has 4 heteroatoms. The number of piperazine rings is 1. The van der Waals surface area contributed by atoms with Crippen molar-refractivity contribution in [3.05, 3.63) is 30.1 Å². The fourth-order valence-corrected chi connectivity index (χ4v) is 3.38. The second kappa shape index (κ2) is 6.35. The molecule has 20 heavy (non-hydrogen) atoms. The van der Waals surface area contributed by atoms with E-state index in [-0.39, 0.29) is 12.0 Å². The second-order valence-electron chi connectivity index (χ2n) is 5.91. The molecule has 1 saturated carbocycles. The summed E-state index contributed by atoms with van der Waals surface area (Å²) in [7, 11) is 0. The molecule has 0 bridgehead atoms. The number of nitrogens with one attached hydrogen (secondary N) is 1. The summed E-state index contributed by atoms with van der Waals surface area (Å²) in [6.45, 7) is 2.52. The van der Waals surface area contributed by atoms with E-state index in [1.807, 2.05) is 24.5 Å². The summed E-state index contributed by atoms with van der Waals surface area (Å²) in [5, 5.41) is 3.50. The van der Waals surface area contributed by atoms with Gasteiger partial charge in [-0.05, 0) is 30.5 Å². The highest BCUT2D eigenvalue weighted by Gasteiger charge is 2.29. The van der Waals surface area contributed by atoms with Gasteiger partial charge in [-0.15, -0.1) is 0 Å². The van der Waals surface area contributed by atoms with Gasteiger partial charge in [0.25, 0.3) is 0 Å². The van der Waals surface area contributed by atoms with E-state index in [2.05, 4.69) is 15.2 Å². The van der Waals surface area contributed by atoms with Crippen molar-refractivity contribution in [2.24, 2.45) is 5.92 Å². The van der Waals surface area contributed by atoms with Crippen LogP contribution in [-0.2, 0) is 4.79 Å². The van der Waals surface area contributed by atoms with Gasteiger partial charge in [-0.2, -0.15) is 0 Å². The highest BCUT2D eigenvalue weighted by molar-refractivity contribution is 5.79. The SMILES string of the molecule is O=C(C1CCCCC1)N1CCNC(c2ccncc2)C1. The number of pyridine rings is 1. The first-order valence-electron chi connectivity index (χ1n) is 7.76. The molecule has 0 radical (unpaired) electrons. The van der Waals surface area contributed by atoms with Gasteiger partial charge in [0.15, 0.2) is 0 Å². The Kier molecular flexibility index (Phi) is 4.31. The molecule has 4 nitrogen and oxygen atoms in total. The molecule has 1 unspecified atom stereocenters. The molecule has 1 aliphatic heterocycles. The molecule has 1 aliphatic carbocycles. The third-order valence-corrected chi connectivity index (χ3v) is 4.55. The van der Waals surface area contributed by atoms with E-state index in [0.29, 0.717) is 5.91 Å². The van der Waals surface area contributed by atoms with E-state index in [4.69, 9.17) is 0 Å². The summed E-state index contributed by atoms with van der Waals surface area (Å²) < 4.78 is 0. The van der Waals surface area contributed by atoms with E-state index >= 15 is 0 Å². The Bertz CT molecular complexity index is 442. The zero-order valence-corrected chi connectivity index (χ0v) is 11.9. The first-order valence-corrected chi connectivity index (χ1v) is 7.76. The maximum absolute atomic E-state index is 12.6. The standard InChI is InChI=1S/C16H23N3O/c20-16(14-4-2-1-3-5-14)19-11-10-18-15(12-19)13-6-8-17-9-7-13/h6-9,14-15,18H,1-5,10-12H2. The smallest absolute Gasteiger partial charge is 0.225 e. The summed E-state index contributed by atoms with van der Waals surface area (Å²) in [4.78, 5) is 18.7. The van der Waals surface area contributed by atoms with Crippen LogP contribution in [0.2, 0.25) is 0 Å². The molecular formula is C16H23N3O. The van der Waals surface area contributed by atoms with Crippen LogP contribution >= 0.6 is 0 Å². The van der Waals surface area contributed by atoms with Crippen molar-refractivity contribution in [2.75, 3.05) is 19.6 Å². The van der Waals surface area contributed by atoms with Crippen LogP contribution in [0.5, 0.6) is 0 Å². The minimum atomic E-state index is 0.249. The molecule has 1 saturated heterocycles. The molecular weight excluding hydrogens is 250 g/mol. The Hall–Kier alpha value is -1.42. The average Bonchev–Trinajstić information content (AvgIpc) is 2.56. The monoisotopic (exact) mass is 273 g/mol. The maximum atomic E-state index is 12.6. The van der Waals surface area contributed by atoms with Crippen molar-refractivity contribution in [1.82, 2.24) is 15.2 Å². The number of carbonyl (C=O) groups excluding carboxylic acids is 1. The van der Waals surface area contributed by atoms with Gasteiger partial charge in [0.05, 0.1) is 6.04 Å². The Morgan fingerprint density at radius 2 is 1.95 bits per heavy atom. The van der Waals surface area contributed by atoms with Crippen molar-refractivity contribution in [1.29, 1.82) is 0 Å². The highest BCUT2D eigenvalue weighted by Crippen LogP contribution is 2.27. The van der Waals surface area contributed by atoms with Crippen LogP contribution < -0.4 is 5.32 Å². The van der Waals surface area contributed by atoms with E-state index in [1.165, 1.54) is 24.8 Å². The lowest BCUT2D eigenvalue weighted by atomic mass is 9.88. The number of aromatic nitrogens is 1. The van der Waals surface area contributed by atoms with Crippen LogP contribution in [0, 0.1) is 5.92 Å². The molecule has 108 valence electrons. The van der Waals surface area contributed by atoms with E-state index in [9.17, 15) is 4.79 Å². The van der Waals surface area contributed by atoms with Crippen molar-refractivity contribution in [2.45, 2.75) is 38.1 Å². The van der Waals surface area contributed by atoms with Crippen molar-refractivity contribution in [3.63, 3.8) is 0 Å². The lowest BCUT2D eigenvalue weighted by Crippen LogP contribution is -2.50. The van der Waals surface area contributed by atoms with Gasteiger partial charge in [-0.1, -0.05) is 19.3 Å². The van der Waals surface area contributed by atoms with Crippen LogP contribution in [0.25, 0.3) is 0 Å². The Morgan fingerprint density at radius 3 is 2.70 bits per heavy atom. The molecule has 1 atom stereocenters. The van der Waals surface area contributed by atoms with Crippen molar-refractivity contribution in [3.8, 4) is 0 Å². The fourth-order valence-electron chi connectivity index (χ4n) is 3.38. The number of nitrogens with zero attached hydrogens (tertiary/aromatic N) is 2. The quantitative estimate of drug-likeness (QED) is 0.898. The fraction of sp³-hybridized carbons (Fsp3) is 0.625. The maximum Gasteiger partial charge on any atom is 0.225 e. The average molecular weight is 273 g/mol. The number of hydrogen-bond acceptors (Lipinski definition) is 3. The number of rotatable bonds is 2. The minimum absolute atomic E-state index is 0.249. The largest absolute Gasteiger partial charge is 0.339 e. The zero-order chi connectivity index (χ0) is 13.8. The Morgan fingerprint density at radius 1 is 1.20 bits per heavy atom. The summed E-state index contributed by atoms with van der Waals surface area (Å²) in [6, 6.07) is 4.32.